The smallest absolute Gasteiger partial charge is 0.298 e. The fraction of sp³-hybridized carbons (Fsp3) is 0. The summed E-state index contributed by atoms with van der Waals surface area (Å²) in [4.78, 5) is 25.5. The number of halogens is 3. The van der Waals surface area contributed by atoms with Gasteiger partial charge in [-0.1, -0.05) is 6.07 Å². The second kappa shape index (κ2) is 5.92. The van der Waals surface area contributed by atoms with Crippen LogP contribution in [0.5, 0.6) is 0 Å². The van der Waals surface area contributed by atoms with Gasteiger partial charge < -0.3 is 5.32 Å². The number of carbonyl (C=O) groups excluding carboxylic acids is 1. The van der Waals surface area contributed by atoms with Gasteiger partial charge in [0.15, 0.2) is 11.5 Å². The highest BCUT2D eigenvalue weighted by atomic mass is 79.9. The zero-order valence-corrected chi connectivity index (χ0v) is 11.7. The van der Waals surface area contributed by atoms with Crippen molar-refractivity contribution in [2.24, 2.45) is 0 Å². The highest BCUT2D eigenvalue weighted by Gasteiger charge is 2.23. The molecule has 0 atom stereocenters. The number of hydrogen-bond acceptors (Lipinski definition) is 4. The molecule has 0 saturated carbocycles. The molecule has 1 aromatic heterocycles. The van der Waals surface area contributed by atoms with Crippen LogP contribution >= 0.6 is 15.9 Å². The number of nitro benzene ring substituents is 1. The lowest BCUT2D eigenvalue weighted by atomic mass is 10.2. The molecule has 0 spiro atoms. The molecule has 1 aromatic carbocycles. The molecular formula is C12H6BrF2N3O3. The van der Waals surface area contributed by atoms with Crippen LogP contribution < -0.4 is 5.32 Å². The largest absolute Gasteiger partial charge is 0.312 e. The summed E-state index contributed by atoms with van der Waals surface area (Å²) in [5.41, 5.74) is -1.67. The number of hydrogen-bond donors (Lipinski definition) is 1. The highest BCUT2D eigenvalue weighted by molar-refractivity contribution is 9.10. The number of anilines is 1. The van der Waals surface area contributed by atoms with Gasteiger partial charge in [-0.25, -0.2) is 13.8 Å². The number of nitrogens with one attached hydrogen (secondary N) is 1. The molecule has 9 heteroatoms. The van der Waals surface area contributed by atoms with E-state index in [-0.39, 0.29) is 5.69 Å². The molecule has 0 fully saturated rings. The first-order valence-corrected chi connectivity index (χ1v) is 6.25. The molecular weight excluding hydrogens is 352 g/mol. The zero-order chi connectivity index (χ0) is 15.6. The molecule has 2 aromatic rings. The van der Waals surface area contributed by atoms with Gasteiger partial charge in [-0.15, -0.1) is 0 Å². The molecule has 1 heterocycles. The van der Waals surface area contributed by atoms with Crippen molar-refractivity contribution in [3.63, 3.8) is 0 Å². The predicted octanol–water partition coefficient (Wildman–Crippen LogP) is 3.28. The van der Waals surface area contributed by atoms with Crippen molar-refractivity contribution in [1.82, 2.24) is 4.98 Å². The molecule has 1 amide bonds. The Morgan fingerprint density at radius 1 is 1.33 bits per heavy atom. The third kappa shape index (κ3) is 3.37. The third-order valence-corrected chi connectivity index (χ3v) is 2.86. The Hall–Kier alpha value is -2.42. The van der Waals surface area contributed by atoms with Gasteiger partial charge in [0, 0.05) is 6.07 Å². The highest BCUT2D eigenvalue weighted by Crippen LogP contribution is 2.29. The van der Waals surface area contributed by atoms with Gasteiger partial charge in [-0.3, -0.25) is 14.9 Å². The van der Waals surface area contributed by atoms with Gasteiger partial charge in [0.05, 0.1) is 11.0 Å². The van der Waals surface area contributed by atoms with Gasteiger partial charge in [0.25, 0.3) is 11.6 Å². The minimum absolute atomic E-state index is 0.0811. The molecule has 6 nitrogen and oxygen atoms in total. The maximum Gasteiger partial charge on any atom is 0.298 e. The number of rotatable bonds is 3. The average molecular weight is 358 g/mol. The molecule has 0 unspecified atom stereocenters. The van der Waals surface area contributed by atoms with E-state index in [2.05, 4.69) is 20.9 Å². The third-order valence-electron chi connectivity index (χ3n) is 2.42. The van der Waals surface area contributed by atoms with E-state index in [4.69, 9.17) is 0 Å². The first-order valence-electron chi connectivity index (χ1n) is 5.46. The summed E-state index contributed by atoms with van der Waals surface area (Å²) in [5, 5.41) is 12.8. The number of pyridine rings is 1. The molecule has 0 bridgehead atoms. The number of amides is 1. The van der Waals surface area contributed by atoms with E-state index in [0.717, 1.165) is 0 Å². The number of aromatic nitrogens is 1. The summed E-state index contributed by atoms with van der Waals surface area (Å²) < 4.78 is 27.0. The summed E-state index contributed by atoms with van der Waals surface area (Å²) in [5.74, 6) is -3.22. The fourth-order valence-corrected chi connectivity index (χ4v) is 1.88. The molecule has 0 aliphatic rings. The monoisotopic (exact) mass is 357 g/mol. The van der Waals surface area contributed by atoms with Gasteiger partial charge in [-0.05, 0) is 28.1 Å². The summed E-state index contributed by atoms with van der Waals surface area (Å²) in [6, 6.07) is 5.39. The second-order valence-corrected chi connectivity index (χ2v) is 4.65. The molecule has 1 N–H and O–H groups in total. The van der Waals surface area contributed by atoms with Gasteiger partial charge in [-0.2, -0.15) is 0 Å². The topological polar surface area (TPSA) is 85.1 Å². The van der Waals surface area contributed by atoms with Crippen molar-refractivity contribution >= 4 is 33.2 Å². The molecule has 0 aliphatic heterocycles. The lowest BCUT2D eigenvalue weighted by Gasteiger charge is -2.07. The molecule has 21 heavy (non-hydrogen) atoms. The van der Waals surface area contributed by atoms with E-state index in [0.29, 0.717) is 16.7 Å². The normalized spacial score (nSPS) is 10.2. The first-order chi connectivity index (χ1) is 9.88. The van der Waals surface area contributed by atoms with E-state index in [1.807, 2.05) is 5.32 Å². The SMILES string of the molecule is O=C(Nc1c(F)cc(F)cc1[N+](=O)[O-])c1cccc(Br)n1. The molecule has 0 radical (unpaired) electrons. The van der Waals surface area contributed by atoms with Crippen molar-refractivity contribution in [2.75, 3.05) is 5.32 Å². The van der Waals surface area contributed by atoms with Crippen molar-refractivity contribution in [3.05, 3.63) is 62.4 Å². The van der Waals surface area contributed by atoms with Crippen molar-refractivity contribution in [3.8, 4) is 0 Å². The van der Waals surface area contributed by atoms with Crippen LogP contribution in [-0.2, 0) is 0 Å². The lowest BCUT2D eigenvalue weighted by Crippen LogP contribution is -2.16. The molecule has 0 aliphatic carbocycles. The van der Waals surface area contributed by atoms with Crippen LogP contribution in [0.1, 0.15) is 10.5 Å². The van der Waals surface area contributed by atoms with E-state index in [9.17, 15) is 23.7 Å². The van der Waals surface area contributed by atoms with Gasteiger partial charge in [0.2, 0.25) is 0 Å². The standard InChI is InChI=1S/C12H6BrF2N3O3/c13-10-3-1-2-8(16-10)12(19)17-11-7(15)4-6(14)5-9(11)18(20)21/h1-5H,(H,17,19). The number of nitro groups is 1. The number of carbonyl (C=O) groups is 1. The average Bonchev–Trinajstić information content (AvgIpc) is 2.41. The van der Waals surface area contributed by atoms with Crippen LogP contribution in [-0.4, -0.2) is 15.8 Å². The zero-order valence-electron chi connectivity index (χ0n) is 10.1. The Morgan fingerprint density at radius 3 is 2.67 bits per heavy atom. The maximum absolute atomic E-state index is 13.6. The lowest BCUT2D eigenvalue weighted by molar-refractivity contribution is -0.384. The second-order valence-electron chi connectivity index (χ2n) is 3.84. The Balaban J connectivity index is 2.39. The van der Waals surface area contributed by atoms with E-state index >= 15 is 0 Å². The van der Waals surface area contributed by atoms with Crippen molar-refractivity contribution in [2.45, 2.75) is 0 Å². The van der Waals surface area contributed by atoms with Crippen LogP contribution in [0.25, 0.3) is 0 Å². The summed E-state index contributed by atoms with van der Waals surface area (Å²) in [7, 11) is 0. The van der Waals surface area contributed by atoms with E-state index < -0.39 is 33.8 Å². The summed E-state index contributed by atoms with van der Waals surface area (Å²) in [6.45, 7) is 0. The van der Waals surface area contributed by atoms with Crippen LogP contribution in [0.3, 0.4) is 0 Å². The quantitative estimate of drug-likeness (QED) is 0.518. The van der Waals surface area contributed by atoms with Crippen LogP contribution in [0, 0.1) is 21.7 Å². The van der Waals surface area contributed by atoms with Gasteiger partial charge >= 0.3 is 0 Å². The Labute approximate surface area is 125 Å². The minimum Gasteiger partial charge on any atom is -0.312 e. The Bertz CT molecular complexity index is 740. The Kier molecular flexibility index (Phi) is 4.22. The van der Waals surface area contributed by atoms with E-state index in [1.54, 1.807) is 6.07 Å². The summed E-state index contributed by atoms with van der Waals surface area (Å²) in [6.07, 6.45) is 0. The van der Waals surface area contributed by atoms with Crippen LogP contribution in [0.2, 0.25) is 0 Å². The fourth-order valence-electron chi connectivity index (χ4n) is 1.54. The molecule has 0 saturated heterocycles. The maximum atomic E-state index is 13.6. The summed E-state index contributed by atoms with van der Waals surface area (Å²) >= 11 is 3.05. The van der Waals surface area contributed by atoms with Crippen molar-refractivity contribution in [1.29, 1.82) is 0 Å². The van der Waals surface area contributed by atoms with Crippen LogP contribution in [0.4, 0.5) is 20.2 Å². The minimum atomic E-state index is -1.25. The van der Waals surface area contributed by atoms with E-state index in [1.165, 1.54) is 12.1 Å². The molecule has 2 rings (SSSR count). The first kappa shape index (κ1) is 15.0. The van der Waals surface area contributed by atoms with Crippen molar-refractivity contribution < 1.29 is 18.5 Å². The molecule has 108 valence electrons. The number of benzene rings is 1. The predicted molar refractivity (Wildman–Crippen MR) is 72.9 cm³/mol. The van der Waals surface area contributed by atoms with Crippen LogP contribution in [0.15, 0.2) is 34.9 Å². The van der Waals surface area contributed by atoms with Gasteiger partial charge in [0.1, 0.15) is 16.1 Å². The Morgan fingerprint density at radius 2 is 2.05 bits per heavy atom. The number of nitrogens with zero attached hydrogens (tertiary/aromatic N) is 2.